The minimum Gasteiger partial charge on any atom is -0.480 e. The summed E-state index contributed by atoms with van der Waals surface area (Å²) < 4.78 is 43.0. The van der Waals surface area contributed by atoms with Gasteiger partial charge < -0.3 is 9.67 Å². The van der Waals surface area contributed by atoms with Crippen LogP contribution in [0.3, 0.4) is 0 Å². The van der Waals surface area contributed by atoms with E-state index in [9.17, 15) is 22.7 Å². The topological polar surface area (TPSA) is 81.3 Å². The molecule has 0 saturated heterocycles. The molecule has 31 heavy (non-hydrogen) atoms. The molecule has 4 rings (SSSR count). The smallest absolute Gasteiger partial charge is 0.323 e. The highest BCUT2D eigenvalue weighted by atomic mass is 35.5. The number of aliphatic carboxylic acids is 1. The molecule has 0 aliphatic heterocycles. The Kier molecular flexibility index (Phi) is 5.36. The second kappa shape index (κ2) is 7.86. The maximum atomic E-state index is 14.0. The summed E-state index contributed by atoms with van der Waals surface area (Å²) in [5.41, 5.74) is 2.35. The van der Waals surface area contributed by atoms with Crippen LogP contribution >= 0.6 is 11.6 Å². The summed E-state index contributed by atoms with van der Waals surface area (Å²) in [6.07, 6.45) is 1.63. The standard InChI is InChI=1S/C22H18ClFN2O4S/c1-14-19(20-11-16(24)6-9-21(20)25(14)13-22(27)28)12-17-3-2-10-26(17)31(29,30)18-7-4-15(23)5-8-18/h2-11H,12-13H2,1H3,(H,27,28). The highest BCUT2D eigenvalue weighted by Gasteiger charge is 2.22. The van der Waals surface area contributed by atoms with E-state index in [0.717, 1.165) is 0 Å². The highest BCUT2D eigenvalue weighted by Crippen LogP contribution is 2.30. The van der Waals surface area contributed by atoms with Gasteiger partial charge in [-0.05, 0) is 67.1 Å². The maximum absolute atomic E-state index is 14.0. The molecule has 1 N–H and O–H groups in total. The Bertz CT molecular complexity index is 1410. The Hall–Kier alpha value is -3.10. The summed E-state index contributed by atoms with van der Waals surface area (Å²) in [6.45, 7) is 1.47. The van der Waals surface area contributed by atoms with Gasteiger partial charge in [-0.1, -0.05) is 11.6 Å². The predicted octanol–water partition coefficient (Wildman–Crippen LogP) is 4.46. The number of benzene rings is 2. The number of carbonyl (C=O) groups is 1. The van der Waals surface area contributed by atoms with Crippen molar-refractivity contribution in [1.29, 1.82) is 0 Å². The van der Waals surface area contributed by atoms with Gasteiger partial charge in [0.1, 0.15) is 12.4 Å². The number of nitrogens with zero attached hydrogens (tertiary/aromatic N) is 2. The molecule has 160 valence electrons. The van der Waals surface area contributed by atoms with Crippen molar-refractivity contribution in [2.24, 2.45) is 0 Å². The fourth-order valence-corrected chi connectivity index (χ4v) is 5.26. The molecule has 0 radical (unpaired) electrons. The normalized spacial score (nSPS) is 11.8. The van der Waals surface area contributed by atoms with Crippen molar-refractivity contribution in [3.63, 3.8) is 0 Å². The average Bonchev–Trinajstić information content (AvgIpc) is 3.27. The zero-order valence-electron chi connectivity index (χ0n) is 16.4. The van der Waals surface area contributed by atoms with Crippen LogP contribution in [0.2, 0.25) is 5.02 Å². The highest BCUT2D eigenvalue weighted by molar-refractivity contribution is 7.90. The van der Waals surface area contributed by atoms with Gasteiger partial charge in [0.05, 0.1) is 4.90 Å². The predicted molar refractivity (Wildman–Crippen MR) is 116 cm³/mol. The molecule has 2 aromatic heterocycles. The summed E-state index contributed by atoms with van der Waals surface area (Å²) in [7, 11) is -3.87. The lowest BCUT2D eigenvalue weighted by Gasteiger charge is -2.11. The van der Waals surface area contributed by atoms with Crippen molar-refractivity contribution < 1.29 is 22.7 Å². The van der Waals surface area contributed by atoms with Gasteiger partial charge in [-0.3, -0.25) is 4.79 Å². The first-order valence-corrected chi connectivity index (χ1v) is 11.2. The van der Waals surface area contributed by atoms with E-state index >= 15 is 0 Å². The summed E-state index contributed by atoms with van der Waals surface area (Å²) in [6, 6.07) is 13.3. The fourth-order valence-electron chi connectivity index (χ4n) is 3.76. The summed E-state index contributed by atoms with van der Waals surface area (Å²) >= 11 is 5.87. The van der Waals surface area contributed by atoms with Crippen molar-refractivity contribution in [2.45, 2.75) is 24.8 Å². The van der Waals surface area contributed by atoms with Gasteiger partial charge in [-0.15, -0.1) is 0 Å². The molecular weight excluding hydrogens is 443 g/mol. The maximum Gasteiger partial charge on any atom is 0.323 e. The number of carboxylic acid groups (broad SMARTS) is 1. The number of aromatic nitrogens is 2. The third-order valence-corrected chi connectivity index (χ3v) is 7.22. The first-order valence-electron chi connectivity index (χ1n) is 9.35. The molecule has 0 unspecified atom stereocenters. The van der Waals surface area contributed by atoms with Crippen LogP contribution in [0.5, 0.6) is 0 Å². The van der Waals surface area contributed by atoms with E-state index < -0.39 is 21.8 Å². The molecule has 0 fully saturated rings. The van der Waals surface area contributed by atoms with E-state index in [0.29, 0.717) is 32.9 Å². The van der Waals surface area contributed by atoms with Crippen LogP contribution < -0.4 is 0 Å². The van der Waals surface area contributed by atoms with Crippen LogP contribution in [-0.2, 0) is 27.8 Å². The number of hydrogen-bond acceptors (Lipinski definition) is 3. The quantitative estimate of drug-likeness (QED) is 0.460. The molecule has 0 bridgehead atoms. The van der Waals surface area contributed by atoms with Crippen LogP contribution in [0.4, 0.5) is 4.39 Å². The monoisotopic (exact) mass is 460 g/mol. The van der Waals surface area contributed by atoms with Gasteiger partial charge in [0.15, 0.2) is 0 Å². The Morgan fingerprint density at radius 3 is 2.52 bits per heavy atom. The minimum atomic E-state index is -3.87. The first kappa shape index (κ1) is 21.1. The molecule has 0 saturated carbocycles. The van der Waals surface area contributed by atoms with E-state index in [1.807, 2.05) is 0 Å². The van der Waals surface area contributed by atoms with Crippen LogP contribution in [0.1, 0.15) is 17.0 Å². The number of carboxylic acids is 1. The van der Waals surface area contributed by atoms with E-state index in [1.165, 1.54) is 52.6 Å². The lowest BCUT2D eigenvalue weighted by Crippen LogP contribution is -2.15. The van der Waals surface area contributed by atoms with Crippen LogP contribution in [0.15, 0.2) is 65.7 Å². The van der Waals surface area contributed by atoms with E-state index in [2.05, 4.69) is 0 Å². The van der Waals surface area contributed by atoms with Crippen LogP contribution in [-0.4, -0.2) is 28.0 Å². The van der Waals surface area contributed by atoms with Crippen molar-refractivity contribution in [2.75, 3.05) is 0 Å². The average molecular weight is 461 g/mol. The van der Waals surface area contributed by atoms with Crippen molar-refractivity contribution >= 4 is 38.5 Å². The fraction of sp³-hybridized carbons (Fsp3) is 0.136. The molecule has 2 heterocycles. The summed E-state index contributed by atoms with van der Waals surface area (Å²) in [5, 5.41) is 10.3. The molecule has 2 aromatic carbocycles. The second-order valence-electron chi connectivity index (χ2n) is 7.14. The molecule has 9 heteroatoms. The minimum absolute atomic E-state index is 0.0884. The van der Waals surface area contributed by atoms with Crippen molar-refractivity contribution in [3.05, 3.63) is 88.6 Å². The third kappa shape index (κ3) is 3.84. The molecule has 6 nitrogen and oxygen atoms in total. The lowest BCUT2D eigenvalue weighted by molar-refractivity contribution is -0.137. The van der Waals surface area contributed by atoms with Crippen LogP contribution in [0.25, 0.3) is 10.9 Å². The zero-order valence-corrected chi connectivity index (χ0v) is 18.0. The Balaban J connectivity index is 1.83. The number of hydrogen-bond donors (Lipinski definition) is 1. The van der Waals surface area contributed by atoms with Gasteiger partial charge in [0.25, 0.3) is 10.0 Å². The van der Waals surface area contributed by atoms with Crippen LogP contribution in [0, 0.1) is 12.7 Å². The first-order chi connectivity index (χ1) is 14.7. The Labute approximate surface area is 183 Å². The van der Waals surface area contributed by atoms with Gasteiger partial charge in [0.2, 0.25) is 0 Å². The van der Waals surface area contributed by atoms with Gasteiger partial charge >= 0.3 is 5.97 Å². The van der Waals surface area contributed by atoms with E-state index in [1.54, 1.807) is 23.6 Å². The SMILES string of the molecule is Cc1c(Cc2cccn2S(=O)(=O)c2ccc(Cl)cc2)c2cc(F)ccc2n1CC(=O)O. The molecule has 0 spiro atoms. The number of halogens is 2. The Morgan fingerprint density at radius 2 is 1.84 bits per heavy atom. The molecular formula is C22H18ClFN2O4S. The van der Waals surface area contributed by atoms with E-state index in [-0.39, 0.29) is 17.9 Å². The van der Waals surface area contributed by atoms with Crippen molar-refractivity contribution in [3.8, 4) is 0 Å². The summed E-state index contributed by atoms with van der Waals surface area (Å²) in [4.78, 5) is 11.4. The Morgan fingerprint density at radius 1 is 1.13 bits per heavy atom. The lowest BCUT2D eigenvalue weighted by atomic mass is 10.1. The van der Waals surface area contributed by atoms with Gasteiger partial charge in [-0.25, -0.2) is 16.8 Å². The number of rotatable bonds is 6. The molecule has 0 aliphatic carbocycles. The van der Waals surface area contributed by atoms with E-state index in [4.69, 9.17) is 11.6 Å². The molecule has 4 aromatic rings. The number of fused-ring (bicyclic) bond motifs is 1. The largest absolute Gasteiger partial charge is 0.480 e. The van der Waals surface area contributed by atoms with Crippen molar-refractivity contribution in [1.82, 2.24) is 8.54 Å². The third-order valence-electron chi connectivity index (χ3n) is 5.23. The summed E-state index contributed by atoms with van der Waals surface area (Å²) in [5.74, 6) is -1.48. The van der Waals surface area contributed by atoms with Gasteiger partial charge in [0, 0.05) is 39.9 Å². The van der Waals surface area contributed by atoms with Gasteiger partial charge in [-0.2, -0.15) is 0 Å². The molecule has 0 aliphatic rings. The molecule has 0 amide bonds. The second-order valence-corrected chi connectivity index (χ2v) is 9.39. The molecule has 0 atom stereocenters. The zero-order chi connectivity index (χ0) is 22.3.